The minimum Gasteiger partial charge on any atom is -0.300 e. The molecule has 1 atom stereocenters. The van der Waals surface area contributed by atoms with Crippen LogP contribution in [-0.4, -0.2) is 11.6 Å². The van der Waals surface area contributed by atoms with Crippen molar-refractivity contribution in [3.8, 4) is 0 Å². The highest BCUT2D eigenvalue weighted by Gasteiger charge is 2.29. The van der Waals surface area contributed by atoms with Crippen molar-refractivity contribution in [2.75, 3.05) is 0 Å². The highest BCUT2D eigenvalue weighted by atomic mass is 16.1. The molecule has 0 heterocycles. The summed E-state index contributed by atoms with van der Waals surface area (Å²) in [4.78, 5) is 22.6. The molecule has 1 aromatic rings. The number of carbonyl (C=O) groups excluding carboxylic acids is 2. The molecule has 1 aromatic carbocycles. The molecular weight excluding hydrogens is 440 g/mol. The third kappa shape index (κ3) is 13.6. The van der Waals surface area contributed by atoms with Gasteiger partial charge >= 0.3 is 0 Å². The topological polar surface area (TPSA) is 34.1 Å². The van der Waals surface area contributed by atoms with Gasteiger partial charge in [-0.05, 0) is 81.8 Å². The van der Waals surface area contributed by atoms with Gasteiger partial charge in [-0.2, -0.15) is 0 Å². The van der Waals surface area contributed by atoms with Gasteiger partial charge in [0, 0.05) is 6.42 Å². The van der Waals surface area contributed by atoms with Gasteiger partial charge in [-0.15, -0.1) is 0 Å². The standard InChI is InChI=1S/C22H34O.C12H20O/c1-19(23)17-22(2,18-21-14-7-4-8-15-21)16-10-9-13-20-11-5-3-6-12-20;1-10(8-11(2)13)9-12-6-4-3-5-7-12/h3,5-6,11-12,21H,4,7-10,13-18H2,1-2H3;8,12H,3-7,9H2,1-2H3/b;10-8+/t22-;/m1./s1. The molecule has 0 saturated heterocycles. The van der Waals surface area contributed by atoms with Gasteiger partial charge in [0.1, 0.15) is 5.78 Å². The first kappa shape index (κ1) is 30.5. The van der Waals surface area contributed by atoms with Gasteiger partial charge in [0.2, 0.25) is 0 Å². The van der Waals surface area contributed by atoms with E-state index < -0.39 is 0 Å². The van der Waals surface area contributed by atoms with E-state index in [9.17, 15) is 9.59 Å². The Morgan fingerprint density at radius 2 is 1.42 bits per heavy atom. The number of hydrogen-bond donors (Lipinski definition) is 0. The predicted molar refractivity (Wildman–Crippen MR) is 154 cm³/mol. The minimum atomic E-state index is 0.188. The number of unbranched alkanes of at least 4 members (excludes halogenated alkanes) is 1. The highest BCUT2D eigenvalue weighted by molar-refractivity contribution is 5.87. The van der Waals surface area contributed by atoms with Crippen molar-refractivity contribution in [1.29, 1.82) is 0 Å². The molecule has 0 amide bonds. The van der Waals surface area contributed by atoms with E-state index >= 15 is 0 Å². The van der Waals surface area contributed by atoms with Crippen LogP contribution in [-0.2, 0) is 16.0 Å². The summed E-state index contributed by atoms with van der Waals surface area (Å²) in [5.41, 5.74) is 2.93. The Hall–Kier alpha value is -1.70. The van der Waals surface area contributed by atoms with Crippen LogP contribution in [0.2, 0.25) is 0 Å². The normalized spacial score (nSPS) is 19.2. The zero-order chi connectivity index (χ0) is 26.2. The van der Waals surface area contributed by atoms with Crippen LogP contribution in [0.3, 0.4) is 0 Å². The van der Waals surface area contributed by atoms with E-state index in [0.29, 0.717) is 5.78 Å². The largest absolute Gasteiger partial charge is 0.300 e. The van der Waals surface area contributed by atoms with Crippen LogP contribution in [0.25, 0.3) is 0 Å². The third-order valence-corrected chi connectivity index (χ3v) is 8.31. The average Bonchev–Trinajstić information content (AvgIpc) is 2.83. The van der Waals surface area contributed by atoms with E-state index in [2.05, 4.69) is 44.2 Å². The molecule has 202 valence electrons. The summed E-state index contributed by atoms with van der Waals surface area (Å²) in [6.07, 6.45) is 23.7. The lowest BCUT2D eigenvalue weighted by Gasteiger charge is -2.34. The number of aryl methyl sites for hydroxylation is 1. The molecule has 2 heteroatoms. The van der Waals surface area contributed by atoms with Crippen molar-refractivity contribution >= 4 is 11.6 Å². The van der Waals surface area contributed by atoms with Crippen LogP contribution in [0.1, 0.15) is 136 Å². The number of benzene rings is 1. The molecule has 0 spiro atoms. The number of rotatable bonds is 12. The number of Topliss-reactive ketones (excluding diaryl/α,β-unsaturated/α-hetero) is 1. The van der Waals surface area contributed by atoms with Crippen LogP contribution >= 0.6 is 0 Å². The number of carbonyl (C=O) groups is 2. The smallest absolute Gasteiger partial charge is 0.152 e. The predicted octanol–water partition coefficient (Wildman–Crippen LogP) is 9.85. The van der Waals surface area contributed by atoms with Crippen molar-refractivity contribution < 1.29 is 9.59 Å². The van der Waals surface area contributed by atoms with Crippen LogP contribution in [0, 0.1) is 17.3 Å². The molecule has 2 saturated carbocycles. The second-order valence-electron chi connectivity index (χ2n) is 12.4. The summed E-state index contributed by atoms with van der Waals surface area (Å²) in [7, 11) is 0. The highest BCUT2D eigenvalue weighted by Crippen LogP contribution is 2.40. The van der Waals surface area contributed by atoms with Gasteiger partial charge in [0.25, 0.3) is 0 Å². The van der Waals surface area contributed by atoms with Crippen molar-refractivity contribution in [2.45, 2.75) is 137 Å². The SMILES string of the molecule is CC(=O)/C=C(\C)CC1CCCCC1.CC(=O)C[C@@](C)(CCCCc1ccccc1)CC1CCCCC1. The number of hydrogen-bond acceptors (Lipinski definition) is 2. The molecule has 0 aromatic heterocycles. The zero-order valence-corrected chi connectivity index (χ0v) is 24.0. The number of ketones is 2. The third-order valence-electron chi connectivity index (χ3n) is 8.31. The molecule has 2 aliphatic carbocycles. The van der Waals surface area contributed by atoms with E-state index in [1.807, 2.05) is 0 Å². The van der Waals surface area contributed by atoms with Gasteiger partial charge in [-0.25, -0.2) is 0 Å². The molecule has 36 heavy (non-hydrogen) atoms. The van der Waals surface area contributed by atoms with Crippen molar-refractivity contribution in [2.24, 2.45) is 17.3 Å². The Morgan fingerprint density at radius 3 is 1.97 bits per heavy atom. The van der Waals surface area contributed by atoms with E-state index in [4.69, 9.17) is 0 Å². The quantitative estimate of drug-likeness (QED) is 0.214. The Morgan fingerprint density at radius 1 is 0.833 bits per heavy atom. The Labute approximate surface area is 222 Å². The first-order valence-electron chi connectivity index (χ1n) is 15.0. The molecule has 2 fully saturated rings. The summed E-state index contributed by atoms with van der Waals surface area (Å²) in [6.45, 7) is 7.84. The lowest BCUT2D eigenvalue weighted by Crippen LogP contribution is -2.25. The fourth-order valence-electron chi connectivity index (χ4n) is 6.73. The Kier molecular flexibility index (Phi) is 14.4. The van der Waals surface area contributed by atoms with E-state index in [1.54, 1.807) is 19.9 Å². The Bertz CT molecular complexity index is 781. The van der Waals surface area contributed by atoms with Crippen LogP contribution < -0.4 is 0 Å². The average molecular weight is 495 g/mol. The fourth-order valence-corrected chi connectivity index (χ4v) is 6.73. The molecular formula is C34H54O2. The van der Waals surface area contributed by atoms with E-state index in [0.717, 1.165) is 24.7 Å². The Balaban J connectivity index is 0.000000297. The maximum Gasteiger partial charge on any atom is 0.152 e. The van der Waals surface area contributed by atoms with E-state index in [1.165, 1.54) is 107 Å². The van der Waals surface area contributed by atoms with Crippen LogP contribution in [0.15, 0.2) is 42.0 Å². The first-order valence-corrected chi connectivity index (χ1v) is 15.0. The van der Waals surface area contributed by atoms with Gasteiger partial charge < -0.3 is 4.79 Å². The summed E-state index contributed by atoms with van der Waals surface area (Å²) >= 11 is 0. The molecule has 0 bridgehead atoms. The number of allylic oxidation sites excluding steroid dienone is 2. The maximum atomic E-state index is 11.8. The summed E-state index contributed by atoms with van der Waals surface area (Å²) in [5.74, 6) is 2.27. The second-order valence-corrected chi connectivity index (χ2v) is 12.4. The second kappa shape index (κ2) is 16.9. The summed E-state index contributed by atoms with van der Waals surface area (Å²) in [6, 6.07) is 10.8. The summed E-state index contributed by atoms with van der Waals surface area (Å²) in [5, 5.41) is 0. The minimum absolute atomic E-state index is 0.188. The first-order chi connectivity index (χ1) is 17.3. The zero-order valence-electron chi connectivity index (χ0n) is 24.0. The van der Waals surface area contributed by atoms with Gasteiger partial charge in [0.05, 0.1) is 0 Å². The van der Waals surface area contributed by atoms with Crippen molar-refractivity contribution in [3.05, 3.63) is 47.5 Å². The molecule has 2 aliphatic rings. The monoisotopic (exact) mass is 494 g/mol. The molecule has 2 nitrogen and oxygen atoms in total. The van der Waals surface area contributed by atoms with Crippen LogP contribution in [0.4, 0.5) is 0 Å². The van der Waals surface area contributed by atoms with Gasteiger partial charge in [0.15, 0.2) is 5.78 Å². The molecule has 0 N–H and O–H groups in total. The lowest BCUT2D eigenvalue weighted by atomic mass is 9.70. The molecule has 0 aliphatic heterocycles. The molecule has 3 rings (SSSR count). The van der Waals surface area contributed by atoms with Gasteiger partial charge in [-0.3, -0.25) is 4.79 Å². The maximum absolute atomic E-state index is 11.8. The van der Waals surface area contributed by atoms with Crippen molar-refractivity contribution in [3.63, 3.8) is 0 Å². The van der Waals surface area contributed by atoms with Crippen molar-refractivity contribution in [1.82, 2.24) is 0 Å². The van der Waals surface area contributed by atoms with Gasteiger partial charge in [-0.1, -0.05) is 113 Å². The molecule has 0 radical (unpaired) electrons. The summed E-state index contributed by atoms with van der Waals surface area (Å²) < 4.78 is 0. The fraction of sp³-hybridized carbons (Fsp3) is 0.706. The van der Waals surface area contributed by atoms with E-state index in [-0.39, 0.29) is 11.2 Å². The molecule has 0 unspecified atom stereocenters. The lowest BCUT2D eigenvalue weighted by molar-refractivity contribution is -0.119. The van der Waals surface area contributed by atoms with Crippen LogP contribution in [0.5, 0.6) is 0 Å².